The van der Waals surface area contributed by atoms with E-state index in [1.807, 2.05) is 18.2 Å². The first-order chi connectivity index (χ1) is 10.4. The Morgan fingerprint density at radius 3 is 2.57 bits per heavy atom. The highest BCUT2D eigenvalue weighted by atomic mass is 16.3. The smallest absolute Gasteiger partial charge is 0.218 e. The fourth-order valence-corrected chi connectivity index (χ4v) is 3.12. The third kappa shape index (κ3) is 1.44. The van der Waals surface area contributed by atoms with Crippen LogP contribution >= 0.6 is 0 Å². The van der Waals surface area contributed by atoms with Crippen molar-refractivity contribution >= 4 is 38.2 Å². The van der Waals surface area contributed by atoms with Gasteiger partial charge in [0.15, 0.2) is 12.4 Å². The van der Waals surface area contributed by atoms with Crippen LogP contribution in [0, 0.1) is 0 Å². The van der Waals surface area contributed by atoms with Gasteiger partial charge >= 0.3 is 0 Å². The van der Waals surface area contributed by atoms with Crippen molar-refractivity contribution in [2.24, 2.45) is 0 Å². The zero-order chi connectivity index (χ0) is 13.8. The molecule has 0 radical (unpaired) electrons. The summed E-state index contributed by atoms with van der Waals surface area (Å²) < 4.78 is 8.12. The van der Waals surface area contributed by atoms with Crippen molar-refractivity contribution in [2.45, 2.75) is 0 Å². The number of fused-ring (bicyclic) bond motifs is 6. The van der Waals surface area contributed by atoms with Gasteiger partial charge in [0.05, 0.1) is 5.39 Å². The van der Waals surface area contributed by atoms with Gasteiger partial charge in [-0.3, -0.25) is 0 Å². The van der Waals surface area contributed by atoms with Crippen LogP contribution in [0.5, 0.6) is 0 Å². The van der Waals surface area contributed by atoms with Crippen LogP contribution in [-0.2, 0) is 0 Å². The van der Waals surface area contributed by atoms with Gasteiger partial charge in [0.2, 0.25) is 5.52 Å². The molecule has 5 aromatic rings. The van der Waals surface area contributed by atoms with Gasteiger partial charge in [0.25, 0.3) is 0 Å². The Morgan fingerprint density at radius 2 is 1.57 bits per heavy atom. The maximum Gasteiger partial charge on any atom is 0.218 e. The van der Waals surface area contributed by atoms with Crippen molar-refractivity contribution in [3.63, 3.8) is 0 Å². The highest BCUT2D eigenvalue weighted by Gasteiger charge is 2.12. The third-order valence-electron chi connectivity index (χ3n) is 4.13. The molecule has 0 amide bonds. The number of benzene rings is 2. The average Bonchev–Trinajstić information content (AvgIpc) is 2.90. The van der Waals surface area contributed by atoms with Crippen LogP contribution in [0.15, 0.2) is 77.5 Å². The van der Waals surface area contributed by atoms with E-state index in [0.29, 0.717) is 0 Å². The standard InChI is InChI=1S/C19H12NO/c1-2-7-18-14(5-1)16-12-15-13(11-19(16)21-18)8-10-20-9-4-3-6-17(15)20/h1-12H/q+1. The first kappa shape index (κ1) is 10.9. The predicted octanol–water partition coefficient (Wildman–Crippen LogP) is 4.48. The summed E-state index contributed by atoms with van der Waals surface area (Å²) in [6.07, 6.45) is 4.17. The van der Waals surface area contributed by atoms with Crippen molar-refractivity contribution in [2.75, 3.05) is 0 Å². The number of nitrogens with zero attached hydrogens (tertiary/aromatic N) is 1. The second-order valence-corrected chi connectivity index (χ2v) is 5.34. The number of para-hydroxylation sites is 1. The number of aromatic nitrogens is 1. The van der Waals surface area contributed by atoms with E-state index in [1.54, 1.807) is 0 Å². The molecule has 0 aliphatic carbocycles. The molecular formula is C19H12NO+. The first-order valence-electron chi connectivity index (χ1n) is 7.04. The van der Waals surface area contributed by atoms with Gasteiger partial charge in [-0.2, -0.15) is 4.40 Å². The zero-order valence-corrected chi connectivity index (χ0v) is 11.3. The van der Waals surface area contributed by atoms with E-state index in [0.717, 1.165) is 11.2 Å². The Balaban J connectivity index is 2.06. The molecule has 0 aliphatic heterocycles. The molecule has 0 bridgehead atoms. The summed E-state index contributed by atoms with van der Waals surface area (Å²) in [5.41, 5.74) is 3.10. The molecule has 2 aromatic carbocycles. The summed E-state index contributed by atoms with van der Waals surface area (Å²) in [7, 11) is 0. The summed E-state index contributed by atoms with van der Waals surface area (Å²) in [6.45, 7) is 0. The largest absolute Gasteiger partial charge is 0.456 e. The highest BCUT2D eigenvalue weighted by Crippen LogP contribution is 2.32. The lowest BCUT2D eigenvalue weighted by Gasteiger charge is -1.98. The predicted molar refractivity (Wildman–Crippen MR) is 84.4 cm³/mol. The van der Waals surface area contributed by atoms with Gasteiger partial charge in [0, 0.05) is 29.0 Å². The van der Waals surface area contributed by atoms with Gasteiger partial charge in [-0.25, -0.2) is 0 Å². The Kier molecular flexibility index (Phi) is 1.98. The summed E-state index contributed by atoms with van der Waals surface area (Å²) in [6, 6.07) is 21.0. The van der Waals surface area contributed by atoms with E-state index in [-0.39, 0.29) is 0 Å². The number of rotatable bonds is 0. The second-order valence-electron chi connectivity index (χ2n) is 5.34. The van der Waals surface area contributed by atoms with E-state index in [2.05, 4.69) is 59.3 Å². The van der Waals surface area contributed by atoms with Crippen LogP contribution in [0.3, 0.4) is 0 Å². The minimum absolute atomic E-state index is 0.944. The maximum absolute atomic E-state index is 5.97. The lowest BCUT2D eigenvalue weighted by Crippen LogP contribution is -2.19. The van der Waals surface area contributed by atoms with E-state index in [1.165, 1.54) is 27.1 Å². The quantitative estimate of drug-likeness (QED) is 0.299. The maximum atomic E-state index is 5.97. The molecule has 0 fully saturated rings. The Bertz CT molecular complexity index is 1130. The van der Waals surface area contributed by atoms with E-state index < -0.39 is 0 Å². The van der Waals surface area contributed by atoms with E-state index >= 15 is 0 Å². The second kappa shape index (κ2) is 3.83. The zero-order valence-electron chi connectivity index (χ0n) is 11.3. The van der Waals surface area contributed by atoms with E-state index in [4.69, 9.17) is 4.42 Å². The molecular weight excluding hydrogens is 258 g/mol. The van der Waals surface area contributed by atoms with Crippen molar-refractivity contribution in [3.8, 4) is 0 Å². The van der Waals surface area contributed by atoms with Crippen LogP contribution in [0.25, 0.3) is 38.2 Å². The fourth-order valence-electron chi connectivity index (χ4n) is 3.12. The van der Waals surface area contributed by atoms with Gasteiger partial charge < -0.3 is 4.42 Å². The molecule has 0 unspecified atom stereocenters. The number of pyridine rings is 2. The first-order valence-corrected chi connectivity index (χ1v) is 7.04. The fraction of sp³-hybridized carbons (Fsp3) is 0. The third-order valence-corrected chi connectivity index (χ3v) is 4.13. The van der Waals surface area contributed by atoms with Crippen molar-refractivity contribution in [3.05, 3.63) is 73.1 Å². The van der Waals surface area contributed by atoms with Crippen LogP contribution in [0.1, 0.15) is 0 Å². The average molecular weight is 270 g/mol. The monoisotopic (exact) mass is 270 g/mol. The van der Waals surface area contributed by atoms with Crippen LogP contribution < -0.4 is 4.40 Å². The molecule has 98 valence electrons. The van der Waals surface area contributed by atoms with E-state index in [9.17, 15) is 0 Å². The minimum atomic E-state index is 0.944. The van der Waals surface area contributed by atoms with Crippen LogP contribution in [0.2, 0.25) is 0 Å². The normalized spacial score (nSPS) is 11.8. The SMILES string of the molecule is c1ccc2c(c1)oc1cc3cc[n+]4ccccc4c3cc12. The molecule has 3 heterocycles. The lowest BCUT2D eigenvalue weighted by molar-refractivity contribution is -0.510. The Labute approximate surface area is 120 Å². The van der Waals surface area contributed by atoms with Crippen molar-refractivity contribution in [1.82, 2.24) is 0 Å². The number of hydrogen-bond donors (Lipinski definition) is 0. The summed E-state index contributed by atoms with van der Waals surface area (Å²) in [5, 5.41) is 4.80. The molecule has 0 spiro atoms. The van der Waals surface area contributed by atoms with Crippen LogP contribution in [-0.4, -0.2) is 0 Å². The molecule has 2 nitrogen and oxygen atoms in total. The van der Waals surface area contributed by atoms with Gasteiger partial charge in [-0.1, -0.05) is 18.2 Å². The van der Waals surface area contributed by atoms with Gasteiger partial charge in [-0.05, 0) is 29.7 Å². The van der Waals surface area contributed by atoms with Gasteiger partial charge in [-0.15, -0.1) is 0 Å². The molecule has 0 saturated heterocycles. The number of hydrogen-bond acceptors (Lipinski definition) is 1. The molecule has 3 aromatic heterocycles. The summed E-state index contributed by atoms with van der Waals surface area (Å²) >= 11 is 0. The molecule has 0 atom stereocenters. The highest BCUT2D eigenvalue weighted by molar-refractivity contribution is 6.12. The molecule has 2 heteroatoms. The number of furan rings is 1. The summed E-state index contributed by atoms with van der Waals surface area (Å²) in [4.78, 5) is 0. The molecule has 5 rings (SSSR count). The molecule has 21 heavy (non-hydrogen) atoms. The van der Waals surface area contributed by atoms with Gasteiger partial charge in [0.1, 0.15) is 11.2 Å². The van der Waals surface area contributed by atoms with Crippen LogP contribution in [0.4, 0.5) is 0 Å². The molecule has 0 aliphatic rings. The van der Waals surface area contributed by atoms with Crippen molar-refractivity contribution in [1.29, 1.82) is 0 Å². The Hall–Kier alpha value is -2.87. The Morgan fingerprint density at radius 1 is 0.667 bits per heavy atom. The van der Waals surface area contributed by atoms with Crippen molar-refractivity contribution < 1.29 is 8.82 Å². The topological polar surface area (TPSA) is 17.2 Å². The molecule has 0 saturated carbocycles. The molecule has 0 N–H and O–H groups in total. The summed E-state index contributed by atoms with van der Waals surface area (Å²) in [5.74, 6) is 0. The lowest BCUT2D eigenvalue weighted by atomic mass is 10.1. The minimum Gasteiger partial charge on any atom is -0.456 e.